The summed E-state index contributed by atoms with van der Waals surface area (Å²) in [6, 6.07) is 12.9. The standard InChI is InChI=1S/C26H34N4O5S/c31-26(28-27-22-14-9-6-4-2-1-3-5-7-10-15-22)21-29(23-16-13-17-24(20-23)30(32)33)36(34,35)25-18-11-8-12-19-25/h8,11-13,16-20H,1-7,9-10,14-15,21H2,(H,28,31). The number of non-ortho nitro benzene ring substituents is 1. The molecule has 0 unspecified atom stereocenters. The molecule has 1 amide bonds. The van der Waals surface area contributed by atoms with E-state index in [4.69, 9.17) is 0 Å². The van der Waals surface area contributed by atoms with E-state index in [1.165, 1.54) is 62.4 Å². The third-order valence-corrected chi connectivity index (χ3v) is 8.00. The minimum absolute atomic E-state index is 0.0186. The van der Waals surface area contributed by atoms with Gasteiger partial charge >= 0.3 is 0 Å². The lowest BCUT2D eigenvalue weighted by molar-refractivity contribution is -0.384. The molecule has 0 heterocycles. The smallest absolute Gasteiger partial charge is 0.271 e. The maximum Gasteiger partial charge on any atom is 0.271 e. The summed E-state index contributed by atoms with van der Waals surface area (Å²) in [6.07, 6.45) is 12.1. The largest absolute Gasteiger partial charge is 0.271 e. The van der Waals surface area contributed by atoms with Crippen molar-refractivity contribution in [2.24, 2.45) is 5.10 Å². The van der Waals surface area contributed by atoms with E-state index in [2.05, 4.69) is 10.5 Å². The zero-order valence-corrected chi connectivity index (χ0v) is 21.3. The Bertz CT molecular complexity index is 1140. The molecule has 3 rings (SSSR count). The van der Waals surface area contributed by atoms with E-state index in [1.807, 2.05) is 0 Å². The molecule has 0 aromatic heterocycles. The zero-order valence-electron chi connectivity index (χ0n) is 20.5. The zero-order chi connectivity index (χ0) is 25.8. The van der Waals surface area contributed by atoms with Gasteiger partial charge in [0.25, 0.3) is 21.6 Å². The third kappa shape index (κ3) is 8.15. The number of carbonyl (C=O) groups excluding carboxylic acids is 1. The van der Waals surface area contributed by atoms with Crippen LogP contribution in [0.1, 0.15) is 70.6 Å². The molecule has 1 saturated carbocycles. The van der Waals surface area contributed by atoms with Gasteiger partial charge in [0.2, 0.25) is 0 Å². The van der Waals surface area contributed by atoms with Crippen molar-refractivity contribution in [2.75, 3.05) is 10.8 Å². The topological polar surface area (TPSA) is 122 Å². The molecule has 1 N–H and O–H groups in total. The number of nitro benzene ring substituents is 1. The highest BCUT2D eigenvalue weighted by Gasteiger charge is 2.28. The molecule has 1 aliphatic rings. The van der Waals surface area contributed by atoms with Crippen molar-refractivity contribution in [2.45, 2.75) is 75.5 Å². The third-order valence-electron chi connectivity index (χ3n) is 6.22. The van der Waals surface area contributed by atoms with Crippen molar-refractivity contribution >= 4 is 33.0 Å². The van der Waals surface area contributed by atoms with Crippen LogP contribution in [0.4, 0.5) is 11.4 Å². The summed E-state index contributed by atoms with van der Waals surface area (Å²) < 4.78 is 27.7. The number of hydrogen-bond acceptors (Lipinski definition) is 6. The molecule has 2 aromatic carbocycles. The van der Waals surface area contributed by atoms with Crippen LogP contribution in [0, 0.1) is 10.1 Å². The molecular formula is C26H34N4O5S. The first kappa shape index (κ1) is 27.3. The Morgan fingerprint density at radius 2 is 1.47 bits per heavy atom. The number of benzene rings is 2. The predicted octanol–water partition coefficient (Wildman–Crippen LogP) is 5.57. The minimum atomic E-state index is -4.16. The lowest BCUT2D eigenvalue weighted by Gasteiger charge is -2.23. The van der Waals surface area contributed by atoms with Crippen molar-refractivity contribution in [1.29, 1.82) is 0 Å². The van der Waals surface area contributed by atoms with Crippen LogP contribution in [-0.2, 0) is 14.8 Å². The number of rotatable bonds is 7. The number of nitrogens with zero attached hydrogens (tertiary/aromatic N) is 3. The van der Waals surface area contributed by atoms with Crippen molar-refractivity contribution in [1.82, 2.24) is 5.43 Å². The van der Waals surface area contributed by atoms with Crippen molar-refractivity contribution in [3.8, 4) is 0 Å². The monoisotopic (exact) mass is 514 g/mol. The number of nitrogens with one attached hydrogen (secondary N) is 1. The van der Waals surface area contributed by atoms with E-state index in [9.17, 15) is 23.3 Å². The van der Waals surface area contributed by atoms with Gasteiger partial charge in [-0.25, -0.2) is 13.8 Å². The molecule has 1 fully saturated rings. The van der Waals surface area contributed by atoms with Gasteiger partial charge in [0, 0.05) is 17.8 Å². The second-order valence-electron chi connectivity index (χ2n) is 9.00. The molecular weight excluding hydrogens is 480 g/mol. The SMILES string of the molecule is O=C(CN(c1cccc([N+](=O)[O-])c1)S(=O)(=O)c1ccccc1)NN=C1CCCCCCCCCCC1. The van der Waals surface area contributed by atoms with Gasteiger partial charge < -0.3 is 0 Å². The number of hydrazone groups is 1. The van der Waals surface area contributed by atoms with Crippen LogP contribution in [0.15, 0.2) is 64.6 Å². The number of anilines is 1. The van der Waals surface area contributed by atoms with E-state index in [1.54, 1.807) is 18.2 Å². The average Bonchev–Trinajstić information content (AvgIpc) is 2.87. The molecule has 0 bridgehead atoms. The molecule has 0 saturated heterocycles. The normalized spacial score (nSPS) is 15.7. The highest BCUT2D eigenvalue weighted by molar-refractivity contribution is 7.92. The second kappa shape index (κ2) is 13.7. The average molecular weight is 515 g/mol. The number of carbonyl (C=O) groups is 1. The Labute approximate surface area is 212 Å². The van der Waals surface area contributed by atoms with Crippen molar-refractivity contribution in [3.63, 3.8) is 0 Å². The summed E-state index contributed by atoms with van der Waals surface area (Å²) in [5.41, 5.74) is 3.21. The molecule has 2 aromatic rings. The van der Waals surface area contributed by atoms with Crippen LogP contribution < -0.4 is 9.73 Å². The minimum Gasteiger partial charge on any atom is -0.271 e. The first-order valence-corrected chi connectivity index (χ1v) is 14.0. The van der Waals surface area contributed by atoms with Gasteiger partial charge in [-0.2, -0.15) is 5.10 Å². The number of hydrogen-bond donors (Lipinski definition) is 1. The first-order chi connectivity index (χ1) is 17.4. The molecule has 36 heavy (non-hydrogen) atoms. The van der Waals surface area contributed by atoms with E-state index in [-0.39, 0.29) is 16.3 Å². The summed E-state index contributed by atoms with van der Waals surface area (Å²) in [7, 11) is -4.16. The van der Waals surface area contributed by atoms with Crippen LogP contribution >= 0.6 is 0 Å². The molecule has 10 heteroatoms. The second-order valence-corrected chi connectivity index (χ2v) is 10.9. The van der Waals surface area contributed by atoms with Crippen LogP contribution in [0.2, 0.25) is 0 Å². The maximum absolute atomic E-state index is 13.4. The Morgan fingerprint density at radius 3 is 2.06 bits per heavy atom. The summed E-state index contributed by atoms with van der Waals surface area (Å²) in [6.45, 7) is -0.560. The Balaban J connectivity index is 1.79. The highest BCUT2D eigenvalue weighted by Crippen LogP contribution is 2.27. The lowest BCUT2D eigenvalue weighted by atomic mass is 10.00. The predicted molar refractivity (Wildman–Crippen MR) is 140 cm³/mol. The van der Waals surface area contributed by atoms with Gasteiger partial charge in [-0.05, 0) is 43.9 Å². The van der Waals surface area contributed by atoms with Crippen LogP contribution in [0.25, 0.3) is 0 Å². The van der Waals surface area contributed by atoms with Gasteiger partial charge in [0.1, 0.15) is 6.54 Å². The highest BCUT2D eigenvalue weighted by atomic mass is 32.2. The number of amides is 1. The van der Waals surface area contributed by atoms with Gasteiger partial charge in [-0.15, -0.1) is 0 Å². The molecule has 194 valence electrons. The van der Waals surface area contributed by atoms with E-state index in [0.29, 0.717) is 0 Å². The summed E-state index contributed by atoms with van der Waals surface area (Å²) >= 11 is 0. The van der Waals surface area contributed by atoms with Crippen molar-refractivity contribution < 1.29 is 18.1 Å². The summed E-state index contributed by atoms with van der Waals surface area (Å²) in [5, 5.41) is 15.6. The van der Waals surface area contributed by atoms with Crippen molar-refractivity contribution in [3.05, 3.63) is 64.7 Å². The van der Waals surface area contributed by atoms with Gasteiger partial charge in [0.05, 0.1) is 15.5 Å². The quantitative estimate of drug-likeness (QED) is 0.382. The Kier molecular flexibility index (Phi) is 10.4. The fourth-order valence-corrected chi connectivity index (χ4v) is 5.67. The number of sulfonamides is 1. The van der Waals surface area contributed by atoms with Crippen LogP contribution in [0.5, 0.6) is 0 Å². The maximum atomic E-state index is 13.4. The fourth-order valence-electron chi connectivity index (χ4n) is 4.24. The molecule has 0 spiro atoms. The van der Waals surface area contributed by atoms with Gasteiger partial charge in [-0.3, -0.25) is 19.2 Å². The summed E-state index contributed by atoms with van der Waals surface area (Å²) in [4.78, 5) is 23.5. The fraction of sp³-hybridized carbons (Fsp3) is 0.462. The van der Waals surface area contributed by atoms with E-state index in [0.717, 1.165) is 54.6 Å². The van der Waals surface area contributed by atoms with Gasteiger partial charge in [0.15, 0.2) is 0 Å². The molecule has 1 aliphatic carbocycles. The number of nitro groups is 1. The van der Waals surface area contributed by atoms with Crippen LogP contribution in [-0.4, -0.2) is 31.5 Å². The Morgan fingerprint density at radius 1 is 0.889 bits per heavy atom. The molecule has 0 radical (unpaired) electrons. The van der Waals surface area contributed by atoms with Crippen LogP contribution in [0.3, 0.4) is 0 Å². The van der Waals surface area contributed by atoms with E-state index >= 15 is 0 Å². The van der Waals surface area contributed by atoms with E-state index < -0.39 is 27.4 Å². The molecule has 9 nitrogen and oxygen atoms in total. The van der Waals surface area contributed by atoms with Gasteiger partial charge in [-0.1, -0.05) is 69.2 Å². The first-order valence-electron chi connectivity index (χ1n) is 12.5. The summed E-state index contributed by atoms with van der Waals surface area (Å²) in [5.74, 6) is -0.611. The Hall–Kier alpha value is -3.27. The molecule has 0 atom stereocenters. The molecule has 0 aliphatic heterocycles. The lowest BCUT2D eigenvalue weighted by Crippen LogP contribution is -2.39.